The summed E-state index contributed by atoms with van der Waals surface area (Å²) < 4.78 is 0. The van der Waals surface area contributed by atoms with E-state index in [1.807, 2.05) is 4.90 Å². The SMILES string of the molecule is O=C(NC1CCN(Cc2ccccc2)CC1)N1CCN(c2cnccn2)CC1. The summed E-state index contributed by atoms with van der Waals surface area (Å²) in [4.78, 5) is 27.7. The van der Waals surface area contributed by atoms with Crippen LogP contribution in [0, 0.1) is 0 Å². The van der Waals surface area contributed by atoms with Crippen LogP contribution >= 0.6 is 0 Å². The highest BCUT2D eigenvalue weighted by molar-refractivity contribution is 5.74. The van der Waals surface area contributed by atoms with E-state index in [0.717, 1.165) is 64.5 Å². The molecule has 2 aromatic rings. The number of likely N-dealkylation sites (tertiary alicyclic amines) is 1. The van der Waals surface area contributed by atoms with E-state index in [-0.39, 0.29) is 12.1 Å². The molecule has 7 heteroatoms. The third-order valence-electron chi connectivity index (χ3n) is 5.60. The maximum absolute atomic E-state index is 12.6. The first kappa shape index (κ1) is 18.7. The standard InChI is InChI=1S/C21H28N6O/c28-21(27-14-12-26(13-15-27)20-16-22-8-9-23-20)24-19-6-10-25(11-7-19)17-18-4-2-1-3-5-18/h1-5,8-9,16,19H,6-7,10-15,17H2,(H,24,28). The molecule has 2 aliphatic rings. The number of anilines is 1. The summed E-state index contributed by atoms with van der Waals surface area (Å²) in [6.07, 6.45) is 7.19. The van der Waals surface area contributed by atoms with Crippen molar-refractivity contribution in [2.75, 3.05) is 44.2 Å². The summed E-state index contributed by atoms with van der Waals surface area (Å²) in [5.41, 5.74) is 1.35. The van der Waals surface area contributed by atoms with Crippen LogP contribution in [0.5, 0.6) is 0 Å². The predicted molar refractivity (Wildman–Crippen MR) is 109 cm³/mol. The van der Waals surface area contributed by atoms with Crippen molar-refractivity contribution in [3.8, 4) is 0 Å². The van der Waals surface area contributed by atoms with Gasteiger partial charge in [0.05, 0.1) is 6.20 Å². The lowest BCUT2D eigenvalue weighted by atomic mass is 10.0. The Morgan fingerprint density at radius 3 is 2.43 bits per heavy atom. The highest BCUT2D eigenvalue weighted by Gasteiger charge is 2.25. The Labute approximate surface area is 166 Å². The van der Waals surface area contributed by atoms with Crippen molar-refractivity contribution >= 4 is 11.8 Å². The van der Waals surface area contributed by atoms with Crippen LogP contribution in [-0.2, 0) is 6.54 Å². The molecule has 0 unspecified atom stereocenters. The molecule has 2 fully saturated rings. The maximum atomic E-state index is 12.6. The maximum Gasteiger partial charge on any atom is 0.317 e. The summed E-state index contributed by atoms with van der Waals surface area (Å²) >= 11 is 0. The summed E-state index contributed by atoms with van der Waals surface area (Å²) in [5.74, 6) is 0.883. The van der Waals surface area contributed by atoms with Gasteiger partial charge in [-0.05, 0) is 18.4 Å². The lowest BCUT2D eigenvalue weighted by Crippen LogP contribution is -2.55. The second-order valence-electron chi connectivity index (χ2n) is 7.52. The van der Waals surface area contributed by atoms with Crippen LogP contribution in [0.4, 0.5) is 10.6 Å². The van der Waals surface area contributed by atoms with Crippen molar-refractivity contribution in [3.05, 3.63) is 54.5 Å². The fourth-order valence-electron chi connectivity index (χ4n) is 3.94. The highest BCUT2D eigenvalue weighted by atomic mass is 16.2. The number of amides is 2. The number of hydrogen-bond donors (Lipinski definition) is 1. The van der Waals surface area contributed by atoms with Gasteiger partial charge < -0.3 is 15.1 Å². The number of nitrogens with one attached hydrogen (secondary N) is 1. The van der Waals surface area contributed by atoms with E-state index >= 15 is 0 Å². The van der Waals surface area contributed by atoms with Crippen LogP contribution in [0.25, 0.3) is 0 Å². The van der Waals surface area contributed by atoms with E-state index < -0.39 is 0 Å². The zero-order valence-corrected chi connectivity index (χ0v) is 16.2. The van der Waals surface area contributed by atoms with E-state index in [1.54, 1.807) is 18.6 Å². The number of rotatable bonds is 4. The fraction of sp³-hybridized carbons (Fsp3) is 0.476. The van der Waals surface area contributed by atoms with Gasteiger partial charge in [-0.15, -0.1) is 0 Å². The van der Waals surface area contributed by atoms with Gasteiger partial charge in [0.25, 0.3) is 0 Å². The number of piperidine rings is 1. The lowest BCUT2D eigenvalue weighted by Gasteiger charge is -2.37. The first-order valence-corrected chi connectivity index (χ1v) is 10.1. The summed E-state index contributed by atoms with van der Waals surface area (Å²) in [7, 11) is 0. The number of carbonyl (C=O) groups is 1. The molecule has 0 aliphatic carbocycles. The number of benzene rings is 1. The molecule has 1 N–H and O–H groups in total. The van der Waals surface area contributed by atoms with Crippen LogP contribution in [0.2, 0.25) is 0 Å². The Balaban J connectivity index is 1.19. The molecule has 2 amide bonds. The van der Waals surface area contributed by atoms with Crippen molar-refractivity contribution in [3.63, 3.8) is 0 Å². The first-order valence-electron chi connectivity index (χ1n) is 10.1. The quantitative estimate of drug-likeness (QED) is 0.879. The third-order valence-corrected chi connectivity index (χ3v) is 5.60. The summed E-state index contributed by atoms with van der Waals surface area (Å²) in [5, 5.41) is 3.24. The molecule has 0 spiro atoms. The van der Waals surface area contributed by atoms with Crippen molar-refractivity contribution < 1.29 is 4.79 Å². The number of urea groups is 1. The minimum atomic E-state index is 0.0697. The molecule has 1 aromatic heterocycles. The largest absolute Gasteiger partial charge is 0.352 e. The van der Waals surface area contributed by atoms with Gasteiger partial charge >= 0.3 is 6.03 Å². The van der Waals surface area contributed by atoms with Crippen LogP contribution < -0.4 is 10.2 Å². The van der Waals surface area contributed by atoms with E-state index in [4.69, 9.17) is 0 Å². The third kappa shape index (κ3) is 4.78. The molecule has 0 bridgehead atoms. The van der Waals surface area contributed by atoms with Crippen LogP contribution in [0.3, 0.4) is 0 Å². The van der Waals surface area contributed by atoms with Gasteiger partial charge in [0, 0.05) is 64.2 Å². The van der Waals surface area contributed by atoms with Crippen molar-refractivity contribution in [1.29, 1.82) is 0 Å². The number of piperazine rings is 1. The molecular formula is C21H28N6O. The molecular weight excluding hydrogens is 352 g/mol. The monoisotopic (exact) mass is 380 g/mol. The Bertz CT molecular complexity index is 740. The topological polar surface area (TPSA) is 64.6 Å². The normalized spacial score (nSPS) is 18.9. The van der Waals surface area contributed by atoms with Gasteiger partial charge in [-0.2, -0.15) is 0 Å². The minimum absolute atomic E-state index is 0.0697. The second-order valence-corrected chi connectivity index (χ2v) is 7.52. The van der Waals surface area contributed by atoms with Gasteiger partial charge in [-0.3, -0.25) is 9.88 Å². The molecule has 1 aromatic carbocycles. The molecule has 28 heavy (non-hydrogen) atoms. The van der Waals surface area contributed by atoms with Gasteiger partial charge in [0.2, 0.25) is 0 Å². The zero-order valence-electron chi connectivity index (χ0n) is 16.2. The Morgan fingerprint density at radius 1 is 1.00 bits per heavy atom. The Hall–Kier alpha value is -2.67. The Morgan fingerprint density at radius 2 is 1.75 bits per heavy atom. The average molecular weight is 380 g/mol. The second kappa shape index (κ2) is 9.01. The molecule has 2 aliphatic heterocycles. The summed E-state index contributed by atoms with van der Waals surface area (Å²) in [6.45, 7) is 6.07. The smallest absolute Gasteiger partial charge is 0.317 e. The number of carbonyl (C=O) groups excluding carboxylic acids is 1. The molecule has 2 saturated heterocycles. The number of nitrogens with zero attached hydrogens (tertiary/aromatic N) is 5. The summed E-state index contributed by atoms with van der Waals surface area (Å²) in [6, 6.07) is 10.9. The van der Waals surface area contributed by atoms with E-state index in [1.165, 1.54) is 5.56 Å². The van der Waals surface area contributed by atoms with Gasteiger partial charge in [-0.25, -0.2) is 9.78 Å². The molecule has 3 heterocycles. The molecule has 0 saturated carbocycles. The predicted octanol–water partition coefficient (Wildman–Crippen LogP) is 1.97. The average Bonchev–Trinajstić information content (AvgIpc) is 2.76. The van der Waals surface area contributed by atoms with Gasteiger partial charge in [-0.1, -0.05) is 30.3 Å². The van der Waals surface area contributed by atoms with Gasteiger partial charge in [0.15, 0.2) is 0 Å². The van der Waals surface area contributed by atoms with E-state index in [2.05, 4.69) is 55.4 Å². The van der Waals surface area contributed by atoms with Crippen LogP contribution in [0.15, 0.2) is 48.9 Å². The minimum Gasteiger partial charge on any atom is -0.352 e. The first-order chi connectivity index (χ1) is 13.8. The van der Waals surface area contributed by atoms with E-state index in [0.29, 0.717) is 0 Å². The van der Waals surface area contributed by atoms with Crippen LogP contribution in [-0.4, -0.2) is 71.1 Å². The Kier molecular flexibility index (Phi) is 6.01. The van der Waals surface area contributed by atoms with Crippen molar-refractivity contribution in [2.24, 2.45) is 0 Å². The molecule has 0 atom stereocenters. The van der Waals surface area contributed by atoms with Crippen LogP contribution in [0.1, 0.15) is 18.4 Å². The van der Waals surface area contributed by atoms with Crippen molar-refractivity contribution in [2.45, 2.75) is 25.4 Å². The molecule has 7 nitrogen and oxygen atoms in total. The highest BCUT2D eigenvalue weighted by Crippen LogP contribution is 2.15. The molecule has 148 valence electrons. The lowest BCUT2D eigenvalue weighted by molar-refractivity contribution is 0.167. The number of hydrogen-bond acceptors (Lipinski definition) is 5. The van der Waals surface area contributed by atoms with Gasteiger partial charge in [0.1, 0.15) is 5.82 Å². The van der Waals surface area contributed by atoms with Crippen molar-refractivity contribution in [1.82, 2.24) is 25.1 Å². The zero-order chi connectivity index (χ0) is 19.2. The fourth-order valence-corrected chi connectivity index (χ4v) is 3.94. The molecule has 0 radical (unpaired) electrons. The number of aromatic nitrogens is 2. The van der Waals surface area contributed by atoms with E-state index in [9.17, 15) is 4.79 Å². The molecule has 4 rings (SSSR count).